The average molecular weight is 366 g/mol. The number of ether oxygens (including phenoxy) is 2. The third-order valence-corrected chi connectivity index (χ3v) is 3.86. The van der Waals surface area contributed by atoms with E-state index in [4.69, 9.17) is 13.9 Å². The van der Waals surface area contributed by atoms with Crippen LogP contribution in [0.1, 0.15) is 39.3 Å². The molecule has 7 heteroatoms. The lowest BCUT2D eigenvalue weighted by molar-refractivity contribution is 0.0599. The monoisotopic (exact) mass is 365 g/mol. The van der Waals surface area contributed by atoms with Gasteiger partial charge in [-0.2, -0.15) is 0 Å². The number of furan rings is 1. The Morgan fingerprint density at radius 1 is 1.08 bits per heavy atom. The lowest BCUT2D eigenvalue weighted by Gasteiger charge is -2.06. The van der Waals surface area contributed by atoms with Crippen LogP contribution in [0.2, 0.25) is 0 Å². The van der Waals surface area contributed by atoms with Gasteiger partial charge in [-0.3, -0.25) is 0 Å². The molecule has 0 atom stereocenters. The highest BCUT2D eigenvalue weighted by Gasteiger charge is 2.21. The molecule has 0 radical (unpaired) electrons. The average Bonchev–Trinajstić information content (AvgIpc) is 3.33. The smallest absolute Gasteiger partial charge is 0.337 e. The van der Waals surface area contributed by atoms with Crippen LogP contribution in [0.3, 0.4) is 0 Å². The molecule has 1 aliphatic carbocycles. The Morgan fingerprint density at radius 2 is 1.68 bits per heavy atom. The Kier molecular flexibility index (Phi) is 6.22. The molecule has 134 valence electrons. The number of carbonyl (C=O) groups excluding carboxylic acids is 2. The fourth-order valence-corrected chi connectivity index (χ4v) is 2.40. The molecule has 0 aliphatic heterocycles. The zero-order valence-corrected chi connectivity index (χ0v) is 14.9. The summed E-state index contributed by atoms with van der Waals surface area (Å²) in [6.07, 6.45) is 2.41. The molecule has 6 nitrogen and oxygen atoms in total. The molecule has 2 aromatic rings. The quantitative estimate of drug-likeness (QED) is 0.792. The summed E-state index contributed by atoms with van der Waals surface area (Å²) >= 11 is 0. The fraction of sp³-hybridized carbons (Fsp3) is 0.333. The van der Waals surface area contributed by atoms with Crippen LogP contribution in [-0.2, 0) is 16.0 Å². The van der Waals surface area contributed by atoms with E-state index in [9.17, 15) is 9.59 Å². The number of halogens is 1. The molecule has 1 saturated carbocycles. The summed E-state index contributed by atoms with van der Waals surface area (Å²) in [5, 5.41) is 3.37. The first kappa shape index (κ1) is 19.0. The predicted molar refractivity (Wildman–Crippen MR) is 93.9 cm³/mol. The van der Waals surface area contributed by atoms with E-state index < -0.39 is 11.9 Å². The summed E-state index contributed by atoms with van der Waals surface area (Å²) in [7, 11) is 2.59. The second kappa shape index (κ2) is 8.18. The maximum absolute atomic E-state index is 11.8. The van der Waals surface area contributed by atoms with Crippen LogP contribution in [0, 0.1) is 0 Å². The van der Waals surface area contributed by atoms with E-state index in [-0.39, 0.29) is 23.5 Å². The highest BCUT2D eigenvalue weighted by Crippen LogP contribution is 2.26. The van der Waals surface area contributed by atoms with E-state index in [0.717, 1.165) is 5.76 Å². The SMILES string of the molecule is COC(=O)c1cc(C(=O)OC)cc(-c2ccc(CNC3CC3)o2)c1.Cl. The Hall–Kier alpha value is -2.31. The van der Waals surface area contributed by atoms with E-state index in [1.165, 1.54) is 33.1 Å². The van der Waals surface area contributed by atoms with Crippen molar-refractivity contribution in [2.45, 2.75) is 25.4 Å². The second-order valence-electron chi connectivity index (χ2n) is 5.70. The van der Waals surface area contributed by atoms with E-state index in [1.54, 1.807) is 12.1 Å². The van der Waals surface area contributed by atoms with Crippen LogP contribution >= 0.6 is 12.4 Å². The number of rotatable bonds is 6. The first-order chi connectivity index (χ1) is 11.6. The summed E-state index contributed by atoms with van der Waals surface area (Å²) in [6.45, 7) is 0.658. The molecule has 1 aromatic carbocycles. The van der Waals surface area contributed by atoms with E-state index in [0.29, 0.717) is 23.9 Å². The van der Waals surface area contributed by atoms with E-state index in [1.807, 2.05) is 12.1 Å². The fourth-order valence-electron chi connectivity index (χ4n) is 2.40. The van der Waals surface area contributed by atoms with Crippen molar-refractivity contribution < 1.29 is 23.5 Å². The number of hydrogen-bond donors (Lipinski definition) is 1. The van der Waals surface area contributed by atoms with Crippen molar-refractivity contribution in [2.75, 3.05) is 14.2 Å². The summed E-state index contributed by atoms with van der Waals surface area (Å²) < 4.78 is 15.3. The summed E-state index contributed by atoms with van der Waals surface area (Å²) in [5.41, 5.74) is 1.16. The lowest BCUT2D eigenvalue weighted by atomic mass is 10.0. The minimum Gasteiger partial charge on any atom is -0.465 e. The molecule has 25 heavy (non-hydrogen) atoms. The molecule has 1 fully saturated rings. The number of nitrogens with one attached hydrogen (secondary N) is 1. The minimum absolute atomic E-state index is 0. The van der Waals surface area contributed by atoms with Crippen molar-refractivity contribution in [3.8, 4) is 11.3 Å². The Balaban J connectivity index is 0.00000225. The number of esters is 2. The Morgan fingerprint density at radius 3 is 2.20 bits per heavy atom. The third-order valence-electron chi connectivity index (χ3n) is 3.86. The van der Waals surface area contributed by atoms with Crippen molar-refractivity contribution in [1.82, 2.24) is 5.32 Å². The molecule has 1 aromatic heterocycles. The van der Waals surface area contributed by atoms with Crippen LogP contribution in [0.5, 0.6) is 0 Å². The largest absolute Gasteiger partial charge is 0.465 e. The van der Waals surface area contributed by atoms with Crippen LogP contribution in [0.15, 0.2) is 34.7 Å². The van der Waals surface area contributed by atoms with Gasteiger partial charge in [0.15, 0.2) is 0 Å². The van der Waals surface area contributed by atoms with Gasteiger partial charge in [0.05, 0.1) is 31.9 Å². The topological polar surface area (TPSA) is 77.8 Å². The normalized spacial score (nSPS) is 13.0. The summed E-state index contributed by atoms with van der Waals surface area (Å²) in [5.74, 6) is 0.340. The van der Waals surface area contributed by atoms with Crippen molar-refractivity contribution in [1.29, 1.82) is 0 Å². The van der Waals surface area contributed by atoms with Gasteiger partial charge in [-0.15, -0.1) is 12.4 Å². The summed E-state index contributed by atoms with van der Waals surface area (Å²) in [6, 6.07) is 9.01. The molecule has 1 N–H and O–H groups in total. The van der Waals surface area contributed by atoms with Gasteiger partial charge in [0.25, 0.3) is 0 Å². The zero-order valence-electron chi connectivity index (χ0n) is 14.0. The molecular weight excluding hydrogens is 346 g/mol. The van der Waals surface area contributed by atoms with Gasteiger partial charge in [0.1, 0.15) is 11.5 Å². The Labute approximate surface area is 151 Å². The van der Waals surface area contributed by atoms with E-state index in [2.05, 4.69) is 5.32 Å². The zero-order chi connectivity index (χ0) is 17.1. The molecule has 0 saturated heterocycles. The number of carbonyl (C=O) groups is 2. The number of benzene rings is 1. The van der Waals surface area contributed by atoms with Crippen molar-refractivity contribution >= 4 is 24.3 Å². The van der Waals surface area contributed by atoms with Crippen LogP contribution in [0.25, 0.3) is 11.3 Å². The van der Waals surface area contributed by atoms with Crippen molar-refractivity contribution in [3.05, 3.63) is 47.2 Å². The first-order valence-corrected chi connectivity index (χ1v) is 7.75. The highest BCUT2D eigenvalue weighted by molar-refractivity contribution is 5.97. The maximum Gasteiger partial charge on any atom is 0.337 e. The maximum atomic E-state index is 11.8. The van der Waals surface area contributed by atoms with E-state index >= 15 is 0 Å². The molecule has 3 rings (SSSR count). The van der Waals surface area contributed by atoms with Gasteiger partial charge < -0.3 is 19.2 Å². The highest BCUT2D eigenvalue weighted by atomic mass is 35.5. The van der Waals surface area contributed by atoms with Crippen LogP contribution < -0.4 is 5.32 Å². The molecule has 1 heterocycles. The first-order valence-electron chi connectivity index (χ1n) is 7.75. The lowest BCUT2D eigenvalue weighted by Crippen LogP contribution is -2.14. The van der Waals surface area contributed by atoms with Gasteiger partial charge in [-0.1, -0.05) is 0 Å². The number of methoxy groups -OCH3 is 2. The van der Waals surface area contributed by atoms with Gasteiger partial charge in [0.2, 0.25) is 0 Å². The molecule has 0 unspecified atom stereocenters. The number of hydrogen-bond acceptors (Lipinski definition) is 6. The van der Waals surface area contributed by atoms with Crippen molar-refractivity contribution in [2.24, 2.45) is 0 Å². The van der Waals surface area contributed by atoms with Gasteiger partial charge in [0, 0.05) is 11.6 Å². The molecule has 1 aliphatic rings. The Bertz CT molecular complexity index is 732. The second-order valence-corrected chi connectivity index (χ2v) is 5.70. The van der Waals surface area contributed by atoms with Crippen molar-refractivity contribution in [3.63, 3.8) is 0 Å². The van der Waals surface area contributed by atoms with Crippen LogP contribution in [-0.4, -0.2) is 32.2 Å². The molecule has 0 bridgehead atoms. The third kappa shape index (κ3) is 4.61. The summed E-state index contributed by atoms with van der Waals surface area (Å²) in [4.78, 5) is 23.7. The standard InChI is InChI=1S/C18H19NO5.ClH/c1-22-17(20)12-7-11(8-13(9-12)18(21)23-2)16-6-5-15(24-16)10-19-14-3-4-14;/h5-9,14,19H,3-4,10H2,1-2H3;1H. The molecule has 0 amide bonds. The van der Waals surface area contributed by atoms with Gasteiger partial charge >= 0.3 is 11.9 Å². The molecule has 0 spiro atoms. The van der Waals surface area contributed by atoms with Gasteiger partial charge in [-0.05, 0) is 43.2 Å². The molecular formula is C18H20ClNO5. The van der Waals surface area contributed by atoms with Crippen LogP contribution in [0.4, 0.5) is 0 Å². The minimum atomic E-state index is -0.524. The van der Waals surface area contributed by atoms with Gasteiger partial charge in [-0.25, -0.2) is 9.59 Å². The predicted octanol–water partition coefficient (Wildman–Crippen LogP) is 3.19.